The first-order chi connectivity index (χ1) is 35.0. The van der Waals surface area contributed by atoms with Gasteiger partial charge in [0, 0.05) is 19.3 Å². The normalized spacial score (nSPS) is 13.1. The fourth-order valence-corrected chi connectivity index (χ4v) is 7.34. The summed E-state index contributed by atoms with van der Waals surface area (Å²) in [7, 11) is 0. The van der Waals surface area contributed by atoms with E-state index in [-0.39, 0.29) is 37.5 Å². The van der Waals surface area contributed by atoms with Crippen LogP contribution in [0.4, 0.5) is 0 Å². The van der Waals surface area contributed by atoms with Crippen LogP contribution in [0.25, 0.3) is 0 Å². The largest absolute Gasteiger partial charge is 0.462 e. The lowest BCUT2D eigenvalue weighted by Gasteiger charge is -2.18. The molecule has 0 aliphatic carbocycles. The summed E-state index contributed by atoms with van der Waals surface area (Å²) in [5, 5.41) is 0. The van der Waals surface area contributed by atoms with Crippen molar-refractivity contribution in [2.24, 2.45) is 0 Å². The zero-order chi connectivity index (χ0) is 51.4. The number of hydrogen-bond donors (Lipinski definition) is 0. The number of esters is 3. The Labute approximate surface area is 436 Å². The molecule has 0 saturated carbocycles. The summed E-state index contributed by atoms with van der Waals surface area (Å²) >= 11 is 0. The molecule has 0 radical (unpaired) electrons. The van der Waals surface area contributed by atoms with Crippen molar-refractivity contribution in [3.05, 3.63) is 134 Å². The Bertz CT molecular complexity index is 1550. The van der Waals surface area contributed by atoms with Crippen LogP contribution in [0.1, 0.15) is 239 Å². The van der Waals surface area contributed by atoms with Crippen molar-refractivity contribution in [2.75, 3.05) is 13.2 Å². The van der Waals surface area contributed by atoms with Crippen LogP contribution in [0.15, 0.2) is 134 Å². The first-order valence-electron chi connectivity index (χ1n) is 28.7. The van der Waals surface area contributed by atoms with E-state index in [1.54, 1.807) is 0 Å². The molecule has 0 amide bonds. The van der Waals surface area contributed by atoms with Crippen LogP contribution in [0, 0.1) is 0 Å². The van der Waals surface area contributed by atoms with E-state index >= 15 is 0 Å². The summed E-state index contributed by atoms with van der Waals surface area (Å²) < 4.78 is 16.7. The molecule has 0 bridgehead atoms. The molecule has 400 valence electrons. The Hall–Kier alpha value is -4.45. The number of carbonyl (C=O) groups excluding carboxylic acids is 3. The fraction of sp³-hybridized carbons (Fsp3) is 0.615. The Kier molecular flexibility index (Phi) is 54.5. The van der Waals surface area contributed by atoms with Crippen molar-refractivity contribution in [3.8, 4) is 0 Å². The molecule has 0 saturated heterocycles. The summed E-state index contributed by atoms with van der Waals surface area (Å²) in [4.78, 5) is 38.0. The first kappa shape index (κ1) is 66.6. The van der Waals surface area contributed by atoms with Crippen LogP contribution < -0.4 is 0 Å². The van der Waals surface area contributed by atoms with E-state index in [2.05, 4.69) is 154 Å². The van der Waals surface area contributed by atoms with Crippen molar-refractivity contribution < 1.29 is 28.6 Å². The summed E-state index contributed by atoms with van der Waals surface area (Å²) in [6.45, 7) is 6.40. The van der Waals surface area contributed by atoms with Crippen molar-refractivity contribution in [1.82, 2.24) is 0 Å². The van der Waals surface area contributed by atoms with Gasteiger partial charge in [-0.05, 0) is 109 Å². The van der Waals surface area contributed by atoms with Crippen molar-refractivity contribution in [3.63, 3.8) is 0 Å². The molecule has 0 rings (SSSR count). The zero-order valence-corrected chi connectivity index (χ0v) is 45.7. The Morgan fingerprint density at radius 3 is 0.958 bits per heavy atom. The lowest BCUT2D eigenvalue weighted by molar-refractivity contribution is -0.167. The van der Waals surface area contributed by atoms with Crippen LogP contribution in [0.5, 0.6) is 0 Å². The third-order valence-corrected chi connectivity index (χ3v) is 11.6. The maximum absolute atomic E-state index is 12.8. The van der Waals surface area contributed by atoms with Gasteiger partial charge in [0.25, 0.3) is 0 Å². The monoisotopic (exact) mass is 981 g/mol. The average Bonchev–Trinajstić information content (AvgIpc) is 3.37. The SMILES string of the molecule is CC/C=C\C/C=C\C/C=C\C/C=C\C/C=C\C/C=C\C/C=C\C/C=C\C/C=C\CCCC(=O)OCC(COC(=O)CCCCCCCCCCCC)OC(=O)CCCCCCC/C=C\C/C=C\CCCC. The van der Waals surface area contributed by atoms with E-state index in [1.807, 2.05) is 0 Å². The summed E-state index contributed by atoms with van der Waals surface area (Å²) in [5.74, 6) is -0.988. The van der Waals surface area contributed by atoms with Crippen LogP contribution in [0.2, 0.25) is 0 Å². The third kappa shape index (κ3) is 56.3. The molecule has 0 aliphatic rings. The van der Waals surface area contributed by atoms with E-state index in [4.69, 9.17) is 14.2 Å². The molecule has 1 atom stereocenters. The molecule has 0 aromatic heterocycles. The second-order valence-corrected chi connectivity index (χ2v) is 18.5. The Balaban J connectivity index is 4.40. The fourth-order valence-electron chi connectivity index (χ4n) is 7.34. The molecule has 0 aromatic carbocycles. The highest BCUT2D eigenvalue weighted by atomic mass is 16.6. The average molecular weight is 982 g/mol. The molecule has 1 unspecified atom stereocenters. The second kappa shape index (κ2) is 58.1. The maximum atomic E-state index is 12.8. The molecule has 0 aliphatic heterocycles. The maximum Gasteiger partial charge on any atom is 0.306 e. The van der Waals surface area contributed by atoms with Gasteiger partial charge in [-0.15, -0.1) is 0 Å². The molecular weight excluding hydrogens is 877 g/mol. The van der Waals surface area contributed by atoms with E-state index in [9.17, 15) is 14.4 Å². The van der Waals surface area contributed by atoms with Gasteiger partial charge >= 0.3 is 17.9 Å². The quantitative estimate of drug-likeness (QED) is 0.0262. The van der Waals surface area contributed by atoms with Gasteiger partial charge in [0.1, 0.15) is 13.2 Å². The summed E-state index contributed by atoms with van der Waals surface area (Å²) in [5.41, 5.74) is 0. The smallest absolute Gasteiger partial charge is 0.306 e. The minimum atomic E-state index is -0.811. The minimum absolute atomic E-state index is 0.104. The van der Waals surface area contributed by atoms with Gasteiger partial charge in [-0.1, -0.05) is 244 Å². The summed E-state index contributed by atoms with van der Waals surface area (Å²) in [6, 6.07) is 0. The molecule has 0 spiro atoms. The topological polar surface area (TPSA) is 78.9 Å². The molecular formula is C65H104O6. The molecule has 0 N–H and O–H groups in total. The number of hydrogen-bond acceptors (Lipinski definition) is 6. The van der Waals surface area contributed by atoms with E-state index in [0.717, 1.165) is 128 Å². The second-order valence-electron chi connectivity index (χ2n) is 18.5. The molecule has 0 heterocycles. The summed E-state index contributed by atoms with van der Waals surface area (Å²) in [6.07, 6.45) is 81.7. The van der Waals surface area contributed by atoms with Gasteiger partial charge in [-0.2, -0.15) is 0 Å². The van der Waals surface area contributed by atoms with Gasteiger partial charge in [0.15, 0.2) is 6.10 Å². The number of rotatable bonds is 50. The van der Waals surface area contributed by atoms with Crippen molar-refractivity contribution in [2.45, 2.75) is 245 Å². The van der Waals surface area contributed by atoms with Gasteiger partial charge in [0.05, 0.1) is 0 Å². The van der Waals surface area contributed by atoms with Gasteiger partial charge < -0.3 is 14.2 Å². The number of carbonyl (C=O) groups is 3. The first-order valence-corrected chi connectivity index (χ1v) is 28.7. The molecule has 6 nitrogen and oxygen atoms in total. The van der Waals surface area contributed by atoms with Crippen LogP contribution in [-0.4, -0.2) is 37.2 Å². The number of ether oxygens (including phenoxy) is 3. The zero-order valence-electron chi connectivity index (χ0n) is 45.7. The predicted octanol–water partition coefficient (Wildman–Crippen LogP) is 19.4. The van der Waals surface area contributed by atoms with Crippen LogP contribution in [0.3, 0.4) is 0 Å². The molecule has 0 fully saturated rings. The van der Waals surface area contributed by atoms with E-state index < -0.39 is 6.10 Å². The van der Waals surface area contributed by atoms with Crippen LogP contribution in [-0.2, 0) is 28.6 Å². The van der Waals surface area contributed by atoms with E-state index in [0.29, 0.717) is 19.3 Å². The van der Waals surface area contributed by atoms with Gasteiger partial charge in [0.2, 0.25) is 0 Å². The minimum Gasteiger partial charge on any atom is -0.462 e. The van der Waals surface area contributed by atoms with Crippen LogP contribution >= 0.6 is 0 Å². The predicted molar refractivity (Wildman–Crippen MR) is 306 cm³/mol. The van der Waals surface area contributed by atoms with Gasteiger partial charge in [-0.3, -0.25) is 14.4 Å². The molecule has 71 heavy (non-hydrogen) atoms. The highest BCUT2D eigenvalue weighted by molar-refractivity contribution is 5.71. The number of allylic oxidation sites excluding steroid dienone is 22. The lowest BCUT2D eigenvalue weighted by Crippen LogP contribution is -2.30. The Morgan fingerprint density at radius 1 is 0.296 bits per heavy atom. The van der Waals surface area contributed by atoms with Crippen molar-refractivity contribution in [1.29, 1.82) is 0 Å². The molecule has 6 heteroatoms. The van der Waals surface area contributed by atoms with Gasteiger partial charge in [-0.25, -0.2) is 0 Å². The highest BCUT2D eigenvalue weighted by Crippen LogP contribution is 2.13. The lowest BCUT2D eigenvalue weighted by atomic mass is 10.1. The standard InChI is InChI=1S/C65H104O6/c1-4-7-10-13-16-19-22-24-26-27-28-29-30-31-32-33-34-35-36-37-38-39-40-42-43-46-49-52-55-58-64(67)70-61-62(60-69-63(66)57-54-51-48-45-21-18-15-12-9-6-3)71-65(68)59-56-53-50-47-44-41-25-23-20-17-14-11-8-5-2/h7,10,14,16-17,19,23-26,28-29,31-32,34-35,37-38,40,42,46,49,62H,4-6,8-9,11-13,15,18,20-22,27,30,33,36,39,41,43-45,47-48,50-61H2,1-3H3/b10-7-,17-14-,19-16-,25-23-,26-24-,29-28-,32-31-,35-34-,38-37-,42-40-,49-46-. The van der Waals surface area contributed by atoms with Crippen molar-refractivity contribution >= 4 is 17.9 Å². The number of unbranched alkanes of at least 4 members (excludes halogenated alkanes) is 17. The molecule has 0 aromatic rings. The Morgan fingerprint density at radius 2 is 0.577 bits per heavy atom. The van der Waals surface area contributed by atoms with E-state index in [1.165, 1.54) is 64.2 Å². The highest BCUT2D eigenvalue weighted by Gasteiger charge is 2.19. The third-order valence-electron chi connectivity index (χ3n) is 11.6.